The summed E-state index contributed by atoms with van der Waals surface area (Å²) in [5.41, 5.74) is 12.7. The van der Waals surface area contributed by atoms with Gasteiger partial charge in [-0.15, -0.1) is 11.3 Å². The fourth-order valence-electron chi connectivity index (χ4n) is 11.3. The molecule has 6 bridgehead atoms. The van der Waals surface area contributed by atoms with Crippen LogP contribution < -0.4 is 15.6 Å². The highest BCUT2D eigenvalue weighted by molar-refractivity contribution is 7.10. The van der Waals surface area contributed by atoms with Crippen LogP contribution in [-0.4, -0.2) is 107 Å². The Morgan fingerprint density at radius 3 is 2.68 bits per heavy atom. The number of pyridine rings is 1. The number of rotatable bonds is 6. The third-order valence-corrected chi connectivity index (χ3v) is 16.1. The molecule has 336 valence electrons. The number of aromatic nitrogens is 3. The van der Waals surface area contributed by atoms with Crippen LogP contribution >= 0.6 is 11.3 Å². The second-order valence-corrected chi connectivity index (χ2v) is 21.1. The minimum Gasteiger partial charge on any atom is -0.464 e. The number of anilines is 1. The van der Waals surface area contributed by atoms with Gasteiger partial charge >= 0.3 is 5.97 Å². The molecule has 8 heterocycles. The molecule has 10 rings (SSSR count). The lowest BCUT2D eigenvalue weighted by Gasteiger charge is -2.45. The van der Waals surface area contributed by atoms with Gasteiger partial charge in [-0.2, -0.15) is 0 Å². The Morgan fingerprint density at radius 1 is 1.03 bits per heavy atom. The number of thiazole rings is 1. The summed E-state index contributed by atoms with van der Waals surface area (Å²) >= 11 is 1.52. The van der Waals surface area contributed by atoms with E-state index in [1.165, 1.54) is 69.9 Å². The Balaban J connectivity index is 1.10. The van der Waals surface area contributed by atoms with Crippen molar-refractivity contribution < 1.29 is 23.9 Å². The molecule has 5 aliphatic heterocycles. The Kier molecular flexibility index (Phi) is 11.4. The van der Waals surface area contributed by atoms with Gasteiger partial charge in [-0.05, 0) is 99.6 Å². The van der Waals surface area contributed by atoms with Crippen LogP contribution in [0.15, 0.2) is 29.8 Å². The van der Waals surface area contributed by atoms with Crippen molar-refractivity contribution in [1.29, 1.82) is 0 Å². The SMILES string of the molecule is CO[C@@H](C)c1ncc(N2CCN3CCCC[C@@H]3C2)cc1-c1c2c3cc(cc4c3n1CCC4)-c1csc(n1)C[C@H](NC(=O)C1[C@@H](C)[C@H]1C)C(=O)N1CCC[C@H](N1)C(=O)OCC(C)(C)C2. The van der Waals surface area contributed by atoms with E-state index in [-0.39, 0.29) is 54.7 Å². The van der Waals surface area contributed by atoms with Gasteiger partial charge in [-0.1, -0.05) is 34.1 Å². The van der Waals surface area contributed by atoms with Crippen molar-refractivity contribution in [2.45, 2.75) is 123 Å². The molecule has 2 amide bonds. The van der Waals surface area contributed by atoms with Crippen LogP contribution in [0.4, 0.5) is 5.69 Å². The van der Waals surface area contributed by atoms with E-state index in [2.05, 4.69) is 89.5 Å². The summed E-state index contributed by atoms with van der Waals surface area (Å²) < 4.78 is 14.8. The average molecular weight is 877 g/mol. The van der Waals surface area contributed by atoms with Gasteiger partial charge in [0.05, 0.1) is 52.2 Å². The molecule has 0 radical (unpaired) electrons. The molecule has 6 aliphatic rings. The number of carbonyl (C=O) groups is 3. The standard InChI is InChI=1S/C49H64N8O5S/c1-28-29(2)42(28)46(58)52-39-22-41-51-40(26-63-41)32-19-31-11-9-15-56-44(31)35(20-32)37(23-49(4,5)27-62-48(60)38-13-10-16-57(53-38)47(39)59)45(56)36-21-34(24-50-43(36)30(3)61-6)55-18-17-54-14-8-7-12-33(54)25-55/h19-21,24,26,28-30,33,38-39,42,53H,7-18,22-23,25,27H2,1-6H3,(H,52,58)/t28-,29+,30-,33+,38-,39-,42?/m0/s1. The number of amides is 2. The summed E-state index contributed by atoms with van der Waals surface area (Å²) in [5.74, 6) is -0.315. The van der Waals surface area contributed by atoms with Gasteiger partial charge in [-0.3, -0.25) is 29.3 Å². The van der Waals surface area contributed by atoms with Gasteiger partial charge in [0.25, 0.3) is 5.91 Å². The first-order valence-corrected chi connectivity index (χ1v) is 24.4. The second kappa shape index (κ2) is 16.9. The summed E-state index contributed by atoms with van der Waals surface area (Å²) in [5, 5.41) is 8.69. The highest BCUT2D eigenvalue weighted by Gasteiger charge is 2.49. The van der Waals surface area contributed by atoms with Gasteiger partial charge in [0, 0.05) is 85.5 Å². The van der Waals surface area contributed by atoms with Crippen molar-refractivity contribution >= 4 is 45.7 Å². The molecule has 3 saturated heterocycles. The molecule has 63 heavy (non-hydrogen) atoms. The van der Waals surface area contributed by atoms with Crippen LogP contribution in [0.5, 0.6) is 0 Å². The molecule has 1 saturated carbocycles. The number of fused-ring (bicyclic) bond motifs is 7. The van der Waals surface area contributed by atoms with E-state index >= 15 is 0 Å². The zero-order valence-electron chi connectivity index (χ0n) is 37.9. The minimum atomic E-state index is -0.831. The maximum atomic E-state index is 14.3. The number of piperidine rings is 1. The highest BCUT2D eigenvalue weighted by atomic mass is 32.1. The number of benzene rings is 1. The Labute approximate surface area is 375 Å². The van der Waals surface area contributed by atoms with Crippen LogP contribution in [0.2, 0.25) is 0 Å². The predicted molar refractivity (Wildman–Crippen MR) is 245 cm³/mol. The molecule has 2 N–H and O–H groups in total. The van der Waals surface area contributed by atoms with Crippen LogP contribution in [0.25, 0.3) is 33.4 Å². The van der Waals surface area contributed by atoms with E-state index in [1.54, 1.807) is 7.11 Å². The molecule has 3 aromatic heterocycles. The van der Waals surface area contributed by atoms with Gasteiger partial charge in [0.15, 0.2) is 0 Å². The fourth-order valence-corrected chi connectivity index (χ4v) is 12.1. The van der Waals surface area contributed by atoms with Gasteiger partial charge in [-0.25, -0.2) is 10.4 Å². The third-order valence-electron chi connectivity index (χ3n) is 15.2. The number of aryl methyl sites for hydroxylation is 2. The highest BCUT2D eigenvalue weighted by Crippen LogP contribution is 2.47. The number of hydrogen-bond donors (Lipinski definition) is 2. The number of methoxy groups -OCH3 is 1. The second-order valence-electron chi connectivity index (χ2n) is 20.1. The maximum absolute atomic E-state index is 14.3. The molecule has 1 aromatic carbocycles. The zero-order valence-corrected chi connectivity index (χ0v) is 38.7. The van der Waals surface area contributed by atoms with Crippen molar-refractivity contribution in [2.75, 3.05) is 51.3 Å². The lowest BCUT2D eigenvalue weighted by atomic mass is 9.84. The van der Waals surface area contributed by atoms with Crippen LogP contribution in [0, 0.1) is 23.2 Å². The number of hydrogen-bond acceptors (Lipinski definition) is 11. The van der Waals surface area contributed by atoms with E-state index in [0.717, 1.165) is 72.2 Å². The van der Waals surface area contributed by atoms with Gasteiger partial charge in [0.1, 0.15) is 12.1 Å². The maximum Gasteiger partial charge on any atom is 0.324 e. The van der Waals surface area contributed by atoms with Crippen LogP contribution in [0.3, 0.4) is 0 Å². The summed E-state index contributed by atoms with van der Waals surface area (Å²) in [6.07, 6.45) is 9.68. The summed E-state index contributed by atoms with van der Waals surface area (Å²) in [4.78, 5) is 57.5. The minimum absolute atomic E-state index is 0.101. The van der Waals surface area contributed by atoms with Crippen LogP contribution in [-0.2, 0) is 49.7 Å². The van der Waals surface area contributed by atoms with E-state index in [1.807, 2.05) is 0 Å². The lowest BCUT2D eigenvalue weighted by molar-refractivity contribution is -0.155. The Morgan fingerprint density at radius 2 is 1.87 bits per heavy atom. The molecule has 4 fully saturated rings. The normalized spacial score (nSPS) is 28.0. The molecule has 7 atom stereocenters. The van der Waals surface area contributed by atoms with Crippen molar-refractivity contribution in [2.24, 2.45) is 23.2 Å². The van der Waals surface area contributed by atoms with Crippen molar-refractivity contribution in [3.05, 3.63) is 51.6 Å². The van der Waals surface area contributed by atoms with Gasteiger partial charge in [0.2, 0.25) is 5.91 Å². The summed E-state index contributed by atoms with van der Waals surface area (Å²) in [7, 11) is 1.76. The largest absolute Gasteiger partial charge is 0.464 e. The number of cyclic esters (lactones) is 1. The predicted octanol–water partition coefficient (Wildman–Crippen LogP) is 6.71. The van der Waals surface area contributed by atoms with Gasteiger partial charge < -0.3 is 24.3 Å². The number of piperazine rings is 1. The number of esters is 1. The van der Waals surface area contributed by atoms with Crippen LogP contribution in [0.1, 0.15) is 101 Å². The van der Waals surface area contributed by atoms with Crippen molar-refractivity contribution in [1.82, 2.24) is 35.2 Å². The molecular weight excluding hydrogens is 813 g/mol. The molecule has 1 unspecified atom stereocenters. The monoisotopic (exact) mass is 876 g/mol. The number of carbonyl (C=O) groups excluding carboxylic acids is 3. The Bertz CT molecular complexity index is 2420. The molecule has 13 nitrogen and oxygen atoms in total. The summed E-state index contributed by atoms with van der Waals surface area (Å²) in [6, 6.07) is 6.06. The van der Waals surface area contributed by atoms with Crippen molar-refractivity contribution in [3.8, 4) is 22.5 Å². The average Bonchev–Trinajstić information content (AvgIpc) is 3.54. The quantitative estimate of drug-likeness (QED) is 0.202. The van der Waals surface area contributed by atoms with Crippen molar-refractivity contribution in [3.63, 3.8) is 0 Å². The smallest absolute Gasteiger partial charge is 0.324 e. The first-order chi connectivity index (χ1) is 30.4. The summed E-state index contributed by atoms with van der Waals surface area (Å²) in [6.45, 7) is 16.4. The van der Waals surface area contributed by atoms with E-state index in [4.69, 9.17) is 19.4 Å². The van der Waals surface area contributed by atoms with E-state index in [0.29, 0.717) is 31.8 Å². The topological polar surface area (TPSA) is 134 Å². The third kappa shape index (κ3) is 8.07. The first kappa shape index (κ1) is 42.6. The molecule has 0 spiro atoms. The van der Waals surface area contributed by atoms with E-state index < -0.39 is 17.5 Å². The van der Waals surface area contributed by atoms with E-state index in [9.17, 15) is 14.4 Å². The molecule has 14 heteroatoms. The first-order valence-electron chi connectivity index (χ1n) is 23.6. The number of ether oxygens (including phenoxy) is 2. The number of hydrazine groups is 1. The number of nitrogens with one attached hydrogen (secondary N) is 2. The number of nitrogens with zero attached hydrogens (tertiary/aromatic N) is 6. The fraction of sp³-hybridized carbons (Fsp3) is 0.612. The molecular formula is C49H64N8O5S. The molecule has 4 aromatic rings. The lowest BCUT2D eigenvalue weighted by Crippen LogP contribution is -2.60. The zero-order chi connectivity index (χ0) is 43.7. The Hall–Kier alpha value is -4.37. The molecule has 1 aliphatic carbocycles.